The summed E-state index contributed by atoms with van der Waals surface area (Å²) in [4.78, 5) is 24.3. The van der Waals surface area contributed by atoms with E-state index in [9.17, 15) is 14.7 Å². The molecular weight excluding hydrogens is 206 g/mol. The highest BCUT2D eigenvalue weighted by Gasteiger charge is 2.55. The Labute approximate surface area is 96.6 Å². The van der Waals surface area contributed by atoms with Gasteiger partial charge in [-0.15, -0.1) is 0 Å². The predicted octanol–water partition coefficient (Wildman–Crippen LogP) is 1.74. The average molecular weight is 227 g/mol. The monoisotopic (exact) mass is 227 g/mol. The van der Waals surface area contributed by atoms with Gasteiger partial charge < -0.3 is 10.0 Å². The minimum absolute atomic E-state index is 0.146. The quantitative estimate of drug-likeness (QED) is 0.796. The molecule has 4 nitrogen and oxygen atoms in total. The van der Waals surface area contributed by atoms with Gasteiger partial charge in [0.05, 0.1) is 0 Å². The summed E-state index contributed by atoms with van der Waals surface area (Å²) in [6.07, 6.45) is 1.18. The molecule has 0 atom stereocenters. The Balaban J connectivity index is 2.86. The van der Waals surface area contributed by atoms with Crippen LogP contribution in [0.1, 0.15) is 40.5 Å². The molecule has 0 saturated heterocycles. The standard InChI is InChI=1S/C12H21NO3/c1-5-13(9(4)14)12(11(15)16)6-10(7-12)8(2)3/h8,10H,5-7H2,1-4H3,(H,15,16). The summed E-state index contributed by atoms with van der Waals surface area (Å²) < 4.78 is 0. The first-order valence-electron chi connectivity index (χ1n) is 5.86. The number of rotatable bonds is 4. The van der Waals surface area contributed by atoms with Crippen LogP contribution in [-0.4, -0.2) is 34.0 Å². The molecule has 0 unspecified atom stereocenters. The highest BCUT2D eigenvalue weighted by atomic mass is 16.4. The molecule has 0 bridgehead atoms. The maximum atomic E-state index is 11.5. The van der Waals surface area contributed by atoms with Gasteiger partial charge in [0.2, 0.25) is 5.91 Å². The average Bonchev–Trinajstić information content (AvgIpc) is 2.07. The van der Waals surface area contributed by atoms with Crippen LogP contribution in [0.2, 0.25) is 0 Å². The third-order valence-electron chi connectivity index (χ3n) is 3.75. The first kappa shape index (κ1) is 13.0. The van der Waals surface area contributed by atoms with Crippen LogP contribution in [0.25, 0.3) is 0 Å². The van der Waals surface area contributed by atoms with E-state index in [0.29, 0.717) is 31.2 Å². The van der Waals surface area contributed by atoms with Crippen LogP contribution in [-0.2, 0) is 9.59 Å². The highest BCUT2D eigenvalue weighted by Crippen LogP contribution is 2.46. The summed E-state index contributed by atoms with van der Waals surface area (Å²) >= 11 is 0. The molecule has 1 amide bonds. The first-order valence-corrected chi connectivity index (χ1v) is 5.86. The second-order valence-electron chi connectivity index (χ2n) is 5.01. The van der Waals surface area contributed by atoms with Crippen molar-refractivity contribution < 1.29 is 14.7 Å². The largest absolute Gasteiger partial charge is 0.479 e. The summed E-state index contributed by atoms with van der Waals surface area (Å²) in [6.45, 7) is 7.93. The molecule has 1 rings (SSSR count). The number of likely N-dealkylation sites (N-methyl/N-ethyl adjacent to an activating group) is 1. The second-order valence-corrected chi connectivity index (χ2v) is 5.01. The Bertz CT molecular complexity index is 293. The van der Waals surface area contributed by atoms with E-state index in [2.05, 4.69) is 13.8 Å². The zero-order chi connectivity index (χ0) is 12.5. The van der Waals surface area contributed by atoms with Gasteiger partial charge in [0.25, 0.3) is 0 Å². The Morgan fingerprint density at radius 2 is 1.94 bits per heavy atom. The molecule has 1 aliphatic rings. The van der Waals surface area contributed by atoms with Crippen molar-refractivity contribution in [3.05, 3.63) is 0 Å². The smallest absolute Gasteiger partial charge is 0.329 e. The molecule has 4 heteroatoms. The molecule has 0 aromatic carbocycles. The van der Waals surface area contributed by atoms with Gasteiger partial charge in [0, 0.05) is 13.5 Å². The van der Waals surface area contributed by atoms with E-state index in [4.69, 9.17) is 0 Å². The van der Waals surface area contributed by atoms with E-state index < -0.39 is 11.5 Å². The first-order chi connectivity index (χ1) is 7.35. The number of amides is 1. The molecule has 16 heavy (non-hydrogen) atoms. The number of aliphatic carboxylic acids is 1. The van der Waals surface area contributed by atoms with Crippen molar-refractivity contribution in [3.63, 3.8) is 0 Å². The molecule has 1 saturated carbocycles. The van der Waals surface area contributed by atoms with Crippen LogP contribution in [0.5, 0.6) is 0 Å². The molecule has 1 aliphatic carbocycles. The van der Waals surface area contributed by atoms with E-state index >= 15 is 0 Å². The second kappa shape index (κ2) is 4.44. The lowest BCUT2D eigenvalue weighted by atomic mass is 9.63. The van der Waals surface area contributed by atoms with Crippen LogP contribution in [0.3, 0.4) is 0 Å². The van der Waals surface area contributed by atoms with E-state index in [-0.39, 0.29) is 5.91 Å². The lowest BCUT2D eigenvalue weighted by Crippen LogP contribution is -2.64. The minimum Gasteiger partial charge on any atom is -0.479 e. The van der Waals surface area contributed by atoms with Crippen LogP contribution in [0, 0.1) is 11.8 Å². The molecule has 0 aliphatic heterocycles. The molecule has 0 aromatic heterocycles. The number of carboxylic acids is 1. The van der Waals surface area contributed by atoms with Gasteiger partial charge in [-0.1, -0.05) is 13.8 Å². The van der Waals surface area contributed by atoms with Crippen molar-refractivity contribution in [1.82, 2.24) is 4.90 Å². The maximum absolute atomic E-state index is 11.5. The van der Waals surface area contributed by atoms with Gasteiger partial charge in [0.1, 0.15) is 5.54 Å². The van der Waals surface area contributed by atoms with Crippen LogP contribution in [0.4, 0.5) is 0 Å². The number of hydrogen-bond acceptors (Lipinski definition) is 2. The van der Waals surface area contributed by atoms with Crippen molar-refractivity contribution >= 4 is 11.9 Å². The zero-order valence-electron chi connectivity index (χ0n) is 10.5. The van der Waals surface area contributed by atoms with E-state index in [0.717, 1.165) is 0 Å². The molecule has 0 radical (unpaired) electrons. The number of carboxylic acid groups (broad SMARTS) is 1. The van der Waals surface area contributed by atoms with Gasteiger partial charge in [0.15, 0.2) is 0 Å². The van der Waals surface area contributed by atoms with Gasteiger partial charge in [-0.3, -0.25) is 4.79 Å². The molecule has 0 heterocycles. The van der Waals surface area contributed by atoms with Gasteiger partial charge in [-0.05, 0) is 31.6 Å². The SMILES string of the molecule is CCN(C(C)=O)C1(C(=O)O)CC(C(C)C)C1. The van der Waals surface area contributed by atoms with Crippen molar-refractivity contribution in [3.8, 4) is 0 Å². The van der Waals surface area contributed by atoms with Crippen molar-refractivity contribution in [1.29, 1.82) is 0 Å². The van der Waals surface area contributed by atoms with Crippen molar-refractivity contribution in [2.45, 2.75) is 46.1 Å². The number of hydrogen-bond donors (Lipinski definition) is 1. The Morgan fingerprint density at radius 3 is 2.19 bits per heavy atom. The fraction of sp³-hybridized carbons (Fsp3) is 0.833. The normalized spacial score (nSPS) is 28.7. The van der Waals surface area contributed by atoms with Crippen molar-refractivity contribution in [2.75, 3.05) is 6.54 Å². The third-order valence-corrected chi connectivity index (χ3v) is 3.75. The van der Waals surface area contributed by atoms with Crippen molar-refractivity contribution in [2.24, 2.45) is 11.8 Å². The van der Waals surface area contributed by atoms with E-state index in [1.54, 1.807) is 0 Å². The van der Waals surface area contributed by atoms with Gasteiger partial charge in [-0.25, -0.2) is 4.79 Å². The fourth-order valence-electron chi connectivity index (χ4n) is 2.62. The maximum Gasteiger partial charge on any atom is 0.329 e. The van der Waals surface area contributed by atoms with Crippen LogP contribution < -0.4 is 0 Å². The number of carbonyl (C=O) groups is 2. The fourth-order valence-corrected chi connectivity index (χ4v) is 2.62. The molecule has 1 N–H and O–H groups in total. The summed E-state index contributed by atoms with van der Waals surface area (Å²) in [7, 11) is 0. The summed E-state index contributed by atoms with van der Waals surface area (Å²) in [6, 6.07) is 0. The Hall–Kier alpha value is -1.06. The topological polar surface area (TPSA) is 57.6 Å². The lowest BCUT2D eigenvalue weighted by Gasteiger charge is -2.52. The summed E-state index contributed by atoms with van der Waals surface area (Å²) in [5.74, 6) is -0.101. The molecule has 92 valence electrons. The molecule has 0 aromatic rings. The summed E-state index contributed by atoms with van der Waals surface area (Å²) in [5.41, 5.74) is -0.935. The number of carbonyl (C=O) groups excluding carboxylic acids is 1. The Morgan fingerprint density at radius 1 is 1.44 bits per heavy atom. The minimum atomic E-state index is -0.935. The molecule has 1 fully saturated rings. The van der Waals surface area contributed by atoms with E-state index in [1.807, 2.05) is 6.92 Å². The zero-order valence-corrected chi connectivity index (χ0v) is 10.5. The number of nitrogens with zero attached hydrogens (tertiary/aromatic N) is 1. The highest BCUT2D eigenvalue weighted by molar-refractivity contribution is 5.87. The molecule has 0 spiro atoms. The van der Waals surface area contributed by atoms with Crippen LogP contribution in [0.15, 0.2) is 0 Å². The van der Waals surface area contributed by atoms with E-state index in [1.165, 1.54) is 11.8 Å². The Kier molecular flexibility index (Phi) is 3.61. The van der Waals surface area contributed by atoms with Crippen LogP contribution >= 0.6 is 0 Å². The molecular formula is C12H21NO3. The predicted molar refractivity (Wildman–Crippen MR) is 61.0 cm³/mol. The van der Waals surface area contributed by atoms with Gasteiger partial charge >= 0.3 is 5.97 Å². The third kappa shape index (κ3) is 1.93. The lowest BCUT2D eigenvalue weighted by molar-refractivity contribution is -0.171. The van der Waals surface area contributed by atoms with Gasteiger partial charge in [-0.2, -0.15) is 0 Å². The summed E-state index contributed by atoms with van der Waals surface area (Å²) in [5, 5.41) is 9.34.